The second kappa shape index (κ2) is 8.54. The largest absolute Gasteiger partial charge is 0.446 e. The number of hydrogen-bond donors (Lipinski definition) is 0. The molecule has 4 nitrogen and oxygen atoms in total. The Morgan fingerprint density at radius 1 is 1.08 bits per heavy atom. The first kappa shape index (κ1) is 17.3. The van der Waals surface area contributed by atoms with Crippen molar-refractivity contribution < 1.29 is 19.1 Å². The normalized spacial score (nSPS) is 11.6. The Kier molecular flexibility index (Phi) is 6.16. The minimum absolute atomic E-state index is 0.444. The van der Waals surface area contributed by atoms with E-state index in [0.717, 1.165) is 22.9 Å². The zero-order valence-corrected chi connectivity index (χ0v) is 13.6. The van der Waals surface area contributed by atoms with Gasteiger partial charge in [0.05, 0.1) is 0 Å². The average molecular weight is 322 g/mol. The van der Waals surface area contributed by atoms with Gasteiger partial charge in [-0.3, -0.25) is 0 Å². The number of carbonyl (C=O) groups is 2. The van der Waals surface area contributed by atoms with Crippen LogP contribution in [0.1, 0.15) is 20.3 Å². The molecular weight excluding hydrogens is 304 g/mol. The van der Waals surface area contributed by atoms with Crippen molar-refractivity contribution in [3.8, 4) is 17.6 Å². The molecule has 1 unspecified atom stereocenters. The van der Waals surface area contributed by atoms with E-state index in [1.807, 2.05) is 37.3 Å². The Bertz CT molecular complexity index is 819. The molecule has 2 aromatic rings. The Labute approximate surface area is 141 Å². The first-order valence-electron chi connectivity index (χ1n) is 7.64. The molecule has 0 aromatic heterocycles. The molecule has 0 bridgehead atoms. The van der Waals surface area contributed by atoms with Crippen molar-refractivity contribution in [1.82, 2.24) is 0 Å². The Hall–Kier alpha value is -3.06. The number of hydrogen-bond acceptors (Lipinski definition) is 4. The molecule has 0 aliphatic heterocycles. The zero-order valence-electron chi connectivity index (χ0n) is 13.6. The fourth-order valence-electron chi connectivity index (χ4n) is 2.12. The molecule has 0 saturated heterocycles. The Morgan fingerprint density at radius 3 is 2.54 bits per heavy atom. The van der Waals surface area contributed by atoms with Crippen LogP contribution in [0.3, 0.4) is 0 Å². The van der Waals surface area contributed by atoms with Gasteiger partial charge in [0.25, 0.3) is 0 Å². The molecule has 1 atom stereocenters. The van der Waals surface area contributed by atoms with E-state index >= 15 is 0 Å². The number of rotatable bonds is 5. The van der Waals surface area contributed by atoms with E-state index in [1.54, 1.807) is 19.1 Å². The zero-order chi connectivity index (χ0) is 17.4. The predicted molar refractivity (Wildman–Crippen MR) is 92.3 cm³/mol. The summed E-state index contributed by atoms with van der Waals surface area (Å²) in [6.07, 6.45) is 2.21. The minimum Gasteiger partial charge on any atom is -0.446 e. The SMILES string of the molecule is CC#CC(CC)OC(=O)/C=C/C(=O)Oc1cccc2ccccc12. The van der Waals surface area contributed by atoms with Crippen molar-refractivity contribution in [1.29, 1.82) is 0 Å². The highest BCUT2D eigenvalue weighted by atomic mass is 16.5. The van der Waals surface area contributed by atoms with Gasteiger partial charge in [-0.1, -0.05) is 49.2 Å². The number of carbonyl (C=O) groups excluding carboxylic acids is 2. The van der Waals surface area contributed by atoms with Crippen LogP contribution >= 0.6 is 0 Å². The molecule has 0 fully saturated rings. The summed E-state index contributed by atoms with van der Waals surface area (Å²) in [7, 11) is 0. The average Bonchev–Trinajstić information content (AvgIpc) is 2.60. The number of esters is 2. The van der Waals surface area contributed by atoms with Crippen LogP contribution in [0.15, 0.2) is 54.6 Å². The van der Waals surface area contributed by atoms with Crippen LogP contribution in [0.5, 0.6) is 5.75 Å². The summed E-state index contributed by atoms with van der Waals surface area (Å²) >= 11 is 0. The maximum absolute atomic E-state index is 11.9. The van der Waals surface area contributed by atoms with E-state index < -0.39 is 18.0 Å². The van der Waals surface area contributed by atoms with Gasteiger partial charge in [-0.05, 0) is 24.8 Å². The minimum atomic E-state index is -0.641. The summed E-state index contributed by atoms with van der Waals surface area (Å²) in [4.78, 5) is 23.6. The van der Waals surface area contributed by atoms with E-state index in [4.69, 9.17) is 9.47 Å². The van der Waals surface area contributed by atoms with E-state index in [2.05, 4.69) is 11.8 Å². The van der Waals surface area contributed by atoms with E-state index in [0.29, 0.717) is 12.2 Å². The van der Waals surface area contributed by atoms with Crippen LogP contribution in [0.4, 0.5) is 0 Å². The molecule has 122 valence electrons. The van der Waals surface area contributed by atoms with Crippen molar-refractivity contribution >= 4 is 22.7 Å². The second-order valence-corrected chi connectivity index (χ2v) is 4.96. The van der Waals surface area contributed by atoms with Gasteiger partial charge in [0.2, 0.25) is 0 Å². The molecule has 24 heavy (non-hydrogen) atoms. The van der Waals surface area contributed by atoms with Gasteiger partial charge in [-0.15, -0.1) is 5.92 Å². The van der Waals surface area contributed by atoms with Gasteiger partial charge in [0, 0.05) is 17.5 Å². The Balaban J connectivity index is 2.01. The van der Waals surface area contributed by atoms with E-state index in [-0.39, 0.29) is 0 Å². The Morgan fingerprint density at radius 2 is 1.79 bits per heavy atom. The van der Waals surface area contributed by atoms with Crippen LogP contribution < -0.4 is 4.74 Å². The topological polar surface area (TPSA) is 52.6 Å². The van der Waals surface area contributed by atoms with Crippen molar-refractivity contribution in [2.75, 3.05) is 0 Å². The summed E-state index contributed by atoms with van der Waals surface area (Å²) in [6.45, 7) is 3.54. The molecule has 0 spiro atoms. The van der Waals surface area contributed by atoms with Gasteiger partial charge in [0.1, 0.15) is 5.75 Å². The van der Waals surface area contributed by atoms with Crippen molar-refractivity contribution in [3.63, 3.8) is 0 Å². The molecule has 4 heteroatoms. The third kappa shape index (κ3) is 4.72. The summed E-state index contributed by atoms with van der Waals surface area (Å²) in [5.74, 6) is 4.64. The monoisotopic (exact) mass is 322 g/mol. The summed E-state index contributed by atoms with van der Waals surface area (Å²) in [5, 5.41) is 1.80. The van der Waals surface area contributed by atoms with Crippen LogP contribution in [-0.4, -0.2) is 18.0 Å². The van der Waals surface area contributed by atoms with Crippen molar-refractivity contribution in [2.45, 2.75) is 26.4 Å². The molecular formula is C20H18O4. The van der Waals surface area contributed by atoms with Gasteiger partial charge < -0.3 is 9.47 Å². The number of fused-ring (bicyclic) bond motifs is 1. The summed E-state index contributed by atoms with van der Waals surface area (Å²) < 4.78 is 10.4. The lowest BCUT2D eigenvalue weighted by molar-refractivity contribution is -0.141. The van der Waals surface area contributed by atoms with E-state index in [9.17, 15) is 9.59 Å². The maximum atomic E-state index is 11.9. The highest BCUT2D eigenvalue weighted by Crippen LogP contribution is 2.25. The van der Waals surface area contributed by atoms with Crippen LogP contribution in [0.25, 0.3) is 10.8 Å². The molecule has 0 aliphatic rings. The first-order chi connectivity index (χ1) is 11.6. The van der Waals surface area contributed by atoms with Crippen LogP contribution in [0, 0.1) is 11.8 Å². The quantitative estimate of drug-likeness (QED) is 0.365. The number of benzene rings is 2. The van der Waals surface area contributed by atoms with Crippen LogP contribution in [0.2, 0.25) is 0 Å². The number of ether oxygens (including phenoxy) is 2. The van der Waals surface area contributed by atoms with E-state index in [1.165, 1.54) is 0 Å². The lowest BCUT2D eigenvalue weighted by Gasteiger charge is -2.07. The smallest absolute Gasteiger partial charge is 0.336 e. The lowest BCUT2D eigenvalue weighted by atomic mass is 10.1. The van der Waals surface area contributed by atoms with Crippen molar-refractivity contribution in [3.05, 3.63) is 54.6 Å². The van der Waals surface area contributed by atoms with Crippen molar-refractivity contribution in [2.24, 2.45) is 0 Å². The third-order valence-corrected chi connectivity index (χ3v) is 3.25. The fraction of sp³-hybridized carbons (Fsp3) is 0.200. The van der Waals surface area contributed by atoms with Gasteiger partial charge in [-0.2, -0.15) is 0 Å². The molecule has 2 aromatic carbocycles. The maximum Gasteiger partial charge on any atom is 0.336 e. The second-order valence-electron chi connectivity index (χ2n) is 4.96. The summed E-state index contributed by atoms with van der Waals surface area (Å²) in [5.41, 5.74) is 0. The highest BCUT2D eigenvalue weighted by molar-refractivity contribution is 5.95. The van der Waals surface area contributed by atoms with Gasteiger partial charge >= 0.3 is 11.9 Å². The van der Waals surface area contributed by atoms with Crippen LogP contribution in [-0.2, 0) is 14.3 Å². The fourth-order valence-corrected chi connectivity index (χ4v) is 2.12. The molecule has 0 saturated carbocycles. The lowest BCUT2D eigenvalue weighted by Crippen LogP contribution is -2.14. The molecule has 0 amide bonds. The molecule has 0 radical (unpaired) electrons. The predicted octanol–water partition coefficient (Wildman–Crippen LogP) is 3.65. The van der Waals surface area contributed by atoms with Gasteiger partial charge in [0.15, 0.2) is 6.10 Å². The summed E-state index contributed by atoms with van der Waals surface area (Å²) in [6, 6.07) is 13.0. The third-order valence-electron chi connectivity index (χ3n) is 3.25. The van der Waals surface area contributed by atoms with Gasteiger partial charge in [-0.25, -0.2) is 9.59 Å². The first-order valence-corrected chi connectivity index (χ1v) is 7.64. The molecule has 0 aliphatic carbocycles. The standard InChI is InChI=1S/C20H18O4/c1-3-8-16(4-2)23-19(21)13-14-20(22)24-18-12-7-10-15-9-5-6-11-17(15)18/h5-7,9-14,16H,4H2,1-2H3/b14-13+. The molecule has 0 heterocycles. The molecule has 0 N–H and O–H groups in total. The highest BCUT2D eigenvalue weighted by Gasteiger charge is 2.09. The molecule has 2 rings (SSSR count).